The third-order valence-corrected chi connectivity index (χ3v) is 6.78. The number of phenolic OH excluding ortho intramolecular Hbond substituents is 1. The van der Waals surface area contributed by atoms with Crippen LogP contribution in [-0.4, -0.2) is 30.7 Å². The van der Waals surface area contributed by atoms with Crippen LogP contribution < -0.4 is 4.74 Å². The van der Waals surface area contributed by atoms with Crippen molar-refractivity contribution in [3.05, 3.63) is 57.6 Å². The highest BCUT2D eigenvalue weighted by Gasteiger charge is 2.50. The van der Waals surface area contributed by atoms with Gasteiger partial charge in [-0.25, -0.2) is 0 Å². The molecule has 4 rings (SSSR count). The van der Waals surface area contributed by atoms with E-state index in [1.165, 1.54) is 40.4 Å². The minimum atomic E-state index is 0.102. The van der Waals surface area contributed by atoms with Crippen molar-refractivity contribution in [1.82, 2.24) is 4.90 Å². The summed E-state index contributed by atoms with van der Waals surface area (Å²) in [7, 11) is 3.83. The van der Waals surface area contributed by atoms with Crippen molar-refractivity contribution >= 4 is 15.9 Å². The van der Waals surface area contributed by atoms with Crippen LogP contribution >= 0.6 is 15.9 Å². The van der Waals surface area contributed by atoms with Gasteiger partial charge in [0, 0.05) is 22.5 Å². The molecule has 0 radical (unpaired) electrons. The van der Waals surface area contributed by atoms with Gasteiger partial charge in [0.15, 0.2) is 11.5 Å². The Morgan fingerprint density at radius 3 is 2.64 bits per heavy atom. The lowest BCUT2D eigenvalue weighted by Gasteiger charge is -2.54. The van der Waals surface area contributed by atoms with E-state index in [2.05, 4.69) is 52.1 Å². The molecule has 3 nitrogen and oxygen atoms in total. The summed E-state index contributed by atoms with van der Waals surface area (Å²) < 4.78 is 6.52. The van der Waals surface area contributed by atoms with Crippen LogP contribution in [0.15, 0.2) is 40.9 Å². The van der Waals surface area contributed by atoms with Gasteiger partial charge >= 0.3 is 0 Å². The van der Waals surface area contributed by atoms with Crippen LogP contribution in [0.5, 0.6) is 11.5 Å². The number of hydrogen-bond donors (Lipinski definition) is 1. The molecule has 2 aromatic carbocycles. The number of phenols is 1. The number of rotatable bonds is 3. The Labute approximate surface area is 157 Å². The first-order valence-electron chi connectivity index (χ1n) is 8.92. The molecule has 1 aliphatic heterocycles. The highest BCUT2D eigenvalue weighted by molar-refractivity contribution is 9.10. The fourth-order valence-electron chi connectivity index (χ4n) is 4.76. The molecule has 1 aliphatic carbocycles. The number of nitrogens with zero attached hydrogens (tertiary/aromatic N) is 1. The Morgan fingerprint density at radius 1 is 1.24 bits per heavy atom. The van der Waals surface area contributed by atoms with Gasteiger partial charge < -0.3 is 9.84 Å². The van der Waals surface area contributed by atoms with Crippen molar-refractivity contribution in [3.8, 4) is 11.5 Å². The van der Waals surface area contributed by atoms with E-state index in [0.29, 0.717) is 5.75 Å². The Kier molecular flexibility index (Phi) is 4.28. The van der Waals surface area contributed by atoms with Crippen LogP contribution in [0.3, 0.4) is 0 Å². The van der Waals surface area contributed by atoms with E-state index < -0.39 is 0 Å². The molecule has 25 heavy (non-hydrogen) atoms. The second-order valence-electron chi connectivity index (χ2n) is 7.35. The molecular formula is C21H24BrNO2. The van der Waals surface area contributed by atoms with Gasteiger partial charge in [0.25, 0.3) is 0 Å². The quantitative estimate of drug-likeness (QED) is 0.800. The smallest absolute Gasteiger partial charge is 0.160 e. The molecule has 1 fully saturated rings. The fraction of sp³-hybridized carbons (Fsp3) is 0.429. The summed E-state index contributed by atoms with van der Waals surface area (Å²) >= 11 is 3.78. The number of ether oxygens (including phenoxy) is 1. The minimum Gasteiger partial charge on any atom is -0.504 e. The predicted octanol–water partition coefficient (Wildman–Crippen LogP) is 4.81. The zero-order valence-corrected chi connectivity index (χ0v) is 16.3. The molecule has 0 bridgehead atoms. The van der Waals surface area contributed by atoms with E-state index in [9.17, 15) is 5.11 Å². The number of halogens is 1. The Morgan fingerprint density at radius 2 is 2.00 bits per heavy atom. The lowest BCUT2D eigenvalue weighted by Crippen LogP contribution is -2.50. The number of aromatic hydroxyl groups is 1. The molecule has 132 valence electrons. The number of likely N-dealkylation sites (N-methyl/N-ethyl adjacent to an activating group) is 1. The maximum Gasteiger partial charge on any atom is 0.160 e. The first-order chi connectivity index (χ1) is 12.1. The second kappa shape index (κ2) is 6.33. The van der Waals surface area contributed by atoms with Gasteiger partial charge in [-0.2, -0.15) is 0 Å². The molecule has 2 aliphatic rings. The summed E-state index contributed by atoms with van der Waals surface area (Å²) in [6.45, 7) is 1.03. The average molecular weight is 402 g/mol. The first kappa shape index (κ1) is 16.9. The van der Waals surface area contributed by atoms with Gasteiger partial charge in [0.1, 0.15) is 0 Å². The number of benzene rings is 2. The second-order valence-corrected chi connectivity index (χ2v) is 8.20. The molecule has 1 heterocycles. The van der Waals surface area contributed by atoms with Crippen molar-refractivity contribution < 1.29 is 9.84 Å². The summed E-state index contributed by atoms with van der Waals surface area (Å²) in [5.74, 6) is 0.814. The van der Waals surface area contributed by atoms with Crippen LogP contribution in [0.4, 0.5) is 0 Å². The zero-order valence-electron chi connectivity index (χ0n) is 14.8. The van der Waals surface area contributed by atoms with E-state index in [4.69, 9.17) is 4.74 Å². The third-order valence-electron chi connectivity index (χ3n) is 6.09. The maximum atomic E-state index is 10.4. The van der Waals surface area contributed by atoms with Gasteiger partial charge in [-0.1, -0.05) is 40.5 Å². The van der Waals surface area contributed by atoms with E-state index in [1.807, 2.05) is 12.1 Å². The summed E-state index contributed by atoms with van der Waals surface area (Å²) in [4.78, 5) is 2.47. The molecule has 1 saturated carbocycles. The summed E-state index contributed by atoms with van der Waals surface area (Å²) in [6.07, 6.45) is 4.60. The topological polar surface area (TPSA) is 32.7 Å². The molecule has 2 aromatic rings. The van der Waals surface area contributed by atoms with Gasteiger partial charge in [-0.15, -0.1) is 0 Å². The molecule has 0 aromatic heterocycles. The Balaban J connectivity index is 1.87. The van der Waals surface area contributed by atoms with E-state index >= 15 is 0 Å². The summed E-state index contributed by atoms with van der Waals surface area (Å²) in [5.41, 5.74) is 4.05. The Bertz CT molecular complexity index is 800. The lowest BCUT2D eigenvalue weighted by molar-refractivity contribution is 0.0709. The van der Waals surface area contributed by atoms with Crippen molar-refractivity contribution in [1.29, 1.82) is 0 Å². The van der Waals surface area contributed by atoms with E-state index in [1.54, 1.807) is 7.11 Å². The monoisotopic (exact) mass is 401 g/mol. The van der Waals surface area contributed by atoms with Crippen molar-refractivity contribution in [3.63, 3.8) is 0 Å². The predicted molar refractivity (Wildman–Crippen MR) is 103 cm³/mol. The largest absolute Gasteiger partial charge is 0.504 e. The van der Waals surface area contributed by atoms with Gasteiger partial charge in [-0.3, -0.25) is 4.90 Å². The normalized spacial score (nSPS) is 22.1. The van der Waals surface area contributed by atoms with Crippen LogP contribution in [0, 0.1) is 0 Å². The van der Waals surface area contributed by atoms with Gasteiger partial charge in [0.2, 0.25) is 0 Å². The molecular weight excluding hydrogens is 378 g/mol. The van der Waals surface area contributed by atoms with Crippen LogP contribution in [-0.2, 0) is 11.8 Å². The number of fused-ring (bicyclic) bond motifs is 1. The minimum absolute atomic E-state index is 0.102. The van der Waals surface area contributed by atoms with Crippen molar-refractivity contribution in [2.24, 2.45) is 0 Å². The summed E-state index contributed by atoms with van der Waals surface area (Å²) in [6, 6.07) is 12.9. The number of methoxy groups -OCH3 is 1. The van der Waals surface area contributed by atoms with E-state index in [0.717, 1.165) is 13.0 Å². The highest BCUT2D eigenvalue weighted by Crippen LogP contribution is 2.57. The lowest BCUT2D eigenvalue weighted by atomic mass is 9.57. The van der Waals surface area contributed by atoms with E-state index in [-0.39, 0.29) is 17.2 Å². The zero-order chi connectivity index (χ0) is 17.6. The first-order valence-corrected chi connectivity index (χ1v) is 9.71. The number of hydrogen-bond acceptors (Lipinski definition) is 3. The molecule has 1 N–H and O–H groups in total. The van der Waals surface area contributed by atoms with Crippen molar-refractivity contribution in [2.45, 2.75) is 37.1 Å². The maximum absolute atomic E-state index is 10.4. The van der Waals surface area contributed by atoms with Gasteiger partial charge in [-0.05, 0) is 61.2 Å². The highest BCUT2D eigenvalue weighted by atomic mass is 79.9. The third kappa shape index (κ3) is 2.58. The van der Waals surface area contributed by atoms with Crippen LogP contribution in [0.2, 0.25) is 0 Å². The van der Waals surface area contributed by atoms with Crippen LogP contribution in [0.25, 0.3) is 0 Å². The molecule has 1 atom stereocenters. The molecule has 4 heteroatoms. The SMILES string of the molecule is COc1cc2c(cc1O)C(C1(c3ccccc3Br)CCC1)N(C)CC2. The van der Waals surface area contributed by atoms with Crippen LogP contribution in [0.1, 0.15) is 42.0 Å². The van der Waals surface area contributed by atoms with Gasteiger partial charge in [0.05, 0.1) is 7.11 Å². The Hall–Kier alpha value is -1.52. The molecule has 1 unspecified atom stereocenters. The van der Waals surface area contributed by atoms with Crippen molar-refractivity contribution in [2.75, 3.05) is 20.7 Å². The molecule has 0 amide bonds. The summed E-state index contributed by atoms with van der Waals surface area (Å²) in [5, 5.41) is 10.4. The fourth-order valence-corrected chi connectivity index (χ4v) is 5.44. The standard InChI is InChI=1S/C21H24BrNO2/c1-23-11-8-14-12-19(25-2)18(24)13-15(14)20(23)21(9-5-10-21)16-6-3-4-7-17(16)22/h3-4,6-7,12-13,20,24H,5,8-11H2,1-2H3. The average Bonchev–Trinajstić information content (AvgIpc) is 2.57. The molecule has 0 saturated heterocycles. The molecule has 0 spiro atoms.